The first kappa shape index (κ1) is 18.3. The van der Waals surface area contributed by atoms with Crippen molar-refractivity contribution in [1.29, 1.82) is 0 Å². The molecule has 0 aromatic heterocycles. The second-order valence-corrected chi connectivity index (χ2v) is 4.90. The molecule has 0 aliphatic rings. The second kappa shape index (κ2) is 8.14. The lowest BCUT2D eigenvalue weighted by Crippen LogP contribution is -2.08. The summed E-state index contributed by atoms with van der Waals surface area (Å²) in [4.78, 5) is 11.9. The van der Waals surface area contributed by atoms with Crippen LogP contribution in [0.2, 0.25) is 0 Å². The first-order valence-electron chi connectivity index (χ1n) is 7.22. The van der Waals surface area contributed by atoms with Crippen molar-refractivity contribution in [2.75, 3.05) is 26.6 Å². The molecule has 2 aromatic carbocycles. The Bertz CT molecular complexity index is 806. The molecule has 25 heavy (non-hydrogen) atoms. The highest BCUT2D eigenvalue weighted by Crippen LogP contribution is 2.35. The van der Waals surface area contributed by atoms with Crippen LogP contribution in [0.5, 0.6) is 17.2 Å². The van der Waals surface area contributed by atoms with Gasteiger partial charge in [-0.05, 0) is 24.3 Å². The van der Waals surface area contributed by atoms with E-state index in [1.807, 2.05) is 0 Å². The van der Waals surface area contributed by atoms with Crippen molar-refractivity contribution >= 4 is 17.7 Å². The molecule has 0 heterocycles. The van der Waals surface area contributed by atoms with Crippen molar-refractivity contribution in [1.82, 2.24) is 0 Å². The van der Waals surface area contributed by atoms with Gasteiger partial charge in [-0.25, -0.2) is 8.78 Å². The van der Waals surface area contributed by atoms with Crippen LogP contribution in [-0.2, 0) is 4.79 Å². The monoisotopic (exact) mass is 349 g/mol. The van der Waals surface area contributed by atoms with E-state index in [0.717, 1.165) is 12.1 Å². The third-order valence-electron chi connectivity index (χ3n) is 3.34. The Morgan fingerprint density at radius 2 is 1.56 bits per heavy atom. The Hall–Kier alpha value is -3.09. The molecule has 0 saturated heterocycles. The van der Waals surface area contributed by atoms with Crippen LogP contribution in [0.1, 0.15) is 5.56 Å². The van der Waals surface area contributed by atoms with Crippen LogP contribution in [0.3, 0.4) is 0 Å². The highest BCUT2D eigenvalue weighted by molar-refractivity contribution is 6.02. The normalized spacial score (nSPS) is 10.6. The number of halogens is 2. The molecule has 2 rings (SSSR count). The molecular formula is C18H17F2NO4. The van der Waals surface area contributed by atoms with Crippen molar-refractivity contribution in [3.8, 4) is 17.2 Å². The van der Waals surface area contributed by atoms with Gasteiger partial charge in [-0.3, -0.25) is 4.79 Å². The molecule has 2 aromatic rings. The highest BCUT2D eigenvalue weighted by Gasteiger charge is 2.10. The van der Waals surface area contributed by atoms with Gasteiger partial charge in [-0.1, -0.05) is 0 Å². The van der Waals surface area contributed by atoms with Gasteiger partial charge < -0.3 is 19.5 Å². The molecule has 0 radical (unpaired) electrons. The van der Waals surface area contributed by atoms with E-state index in [2.05, 4.69) is 5.32 Å². The molecule has 5 nitrogen and oxygen atoms in total. The third-order valence-corrected chi connectivity index (χ3v) is 3.34. The fraction of sp³-hybridized carbons (Fsp3) is 0.167. The fourth-order valence-corrected chi connectivity index (χ4v) is 2.11. The smallest absolute Gasteiger partial charge is 0.248 e. The standard InChI is InChI=1S/C18H17F2NO4/c1-23-15-10-17(25-3)16(24-2)8-11(15)4-7-18(22)21-12-5-6-13(19)14(20)9-12/h4-10H,1-3H3,(H,21,22)/b7-4+. The zero-order valence-electron chi connectivity index (χ0n) is 13.9. The van der Waals surface area contributed by atoms with Gasteiger partial charge in [0.1, 0.15) is 5.75 Å². The zero-order chi connectivity index (χ0) is 18.4. The summed E-state index contributed by atoms with van der Waals surface area (Å²) in [5, 5.41) is 2.44. The molecule has 0 aliphatic carbocycles. The van der Waals surface area contributed by atoms with Gasteiger partial charge in [0.25, 0.3) is 0 Å². The Labute approximate surface area is 143 Å². The number of hydrogen-bond acceptors (Lipinski definition) is 4. The minimum absolute atomic E-state index is 0.146. The number of amides is 1. The first-order chi connectivity index (χ1) is 12.0. The number of carbonyl (C=O) groups excluding carboxylic acids is 1. The maximum absolute atomic E-state index is 13.1. The van der Waals surface area contributed by atoms with E-state index in [9.17, 15) is 13.6 Å². The van der Waals surface area contributed by atoms with E-state index in [0.29, 0.717) is 22.8 Å². The summed E-state index contributed by atoms with van der Waals surface area (Å²) in [7, 11) is 4.48. The van der Waals surface area contributed by atoms with Gasteiger partial charge in [-0.2, -0.15) is 0 Å². The number of ether oxygens (including phenoxy) is 3. The molecule has 0 fully saturated rings. The highest BCUT2D eigenvalue weighted by atomic mass is 19.2. The van der Waals surface area contributed by atoms with E-state index >= 15 is 0 Å². The Balaban J connectivity index is 2.19. The van der Waals surface area contributed by atoms with E-state index < -0.39 is 17.5 Å². The lowest BCUT2D eigenvalue weighted by Gasteiger charge is -2.12. The molecule has 7 heteroatoms. The Morgan fingerprint density at radius 1 is 0.920 bits per heavy atom. The summed E-state index contributed by atoms with van der Waals surface area (Å²) in [5.41, 5.74) is 0.730. The van der Waals surface area contributed by atoms with Crippen LogP contribution < -0.4 is 19.5 Å². The van der Waals surface area contributed by atoms with Crippen LogP contribution in [0.4, 0.5) is 14.5 Å². The van der Waals surface area contributed by atoms with Gasteiger partial charge >= 0.3 is 0 Å². The molecule has 0 spiro atoms. The van der Waals surface area contributed by atoms with Crippen molar-refractivity contribution in [2.45, 2.75) is 0 Å². The molecule has 1 amide bonds. The third kappa shape index (κ3) is 4.47. The first-order valence-corrected chi connectivity index (χ1v) is 7.22. The lowest BCUT2D eigenvalue weighted by atomic mass is 10.1. The summed E-state index contributed by atoms with van der Waals surface area (Å²) in [6, 6.07) is 6.38. The van der Waals surface area contributed by atoms with Crippen molar-refractivity contribution in [3.05, 3.63) is 53.6 Å². The largest absolute Gasteiger partial charge is 0.496 e. The topological polar surface area (TPSA) is 56.8 Å². The number of carbonyl (C=O) groups is 1. The van der Waals surface area contributed by atoms with Gasteiger partial charge in [0.05, 0.1) is 21.3 Å². The maximum Gasteiger partial charge on any atom is 0.248 e. The summed E-state index contributed by atoms with van der Waals surface area (Å²) in [6.45, 7) is 0. The fourth-order valence-electron chi connectivity index (χ4n) is 2.11. The number of nitrogens with one attached hydrogen (secondary N) is 1. The molecule has 0 bridgehead atoms. The predicted molar refractivity (Wildman–Crippen MR) is 90.1 cm³/mol. The Kier molecular flexibility index (Phi) is 5.94. The van der Waals surface area contributed by atoms with E-state index in [4.69, 9.17) is 14.2 Å². The summed E-state index contributed by atoms with van der Waals surface area (Å²) < 4.78 is 41.7. The molecule has 0 aliphatic heterocycles. The van der Waals surface area contributed by atoms with Crippen LogP contribution in [0.15, 0.2) is 36.4 Å². The van der Waals surface area contributed by atoms with E-state index in [-0.39, 0.29) is 5.69 Å². The van der Waals surface area contributed by atoms with Gasteiger partial charge in [0.2, 0.25) is 5.91 Å². The van der Waals surface area contributed by atoms with Crippen LogP contribution in [0.25, 0.3) is 6.08 Å². The summed E-state index contributed by atoms with van der Waals surface area (Å²) in [6.07, 6.45) is 2.75. The minimum Gasteiger partial charge on any atom is -0.496 e. The molecule has 132 valence electrons. The predicted octanol–water partition coefficient (Wildman–Crippen LogP) is 3.64. The zero-order valence-corrected chi connectivity index (χ0v) is 13.9. The van der Waals surface area contributed by atoms with Crippen molar-refractivity contribution < 1.29 is 27.8 Å². The minimum atomic E-state index is -1.04. The average Bonchev–Trinajstić information content (AvgIpc) is 2.62. The van der Waals surface area contributed by atoms with Crippen LogP contribution in [-0.4, -0.2) is 27.2 Å². The van der Waals surface area contributed by atoms with Gasteiger partial charge in [-0.15, -0.1) is 0 Å². The summed E-state index contributed by atoms with van der Waals surface area (Å²) >= 11 is 0. The number of hydrogen-bond donors (Lipinski definition) is 1. The number of rotatable bonds is 6. The number of anilines is 1. The molecule has 0 atom stereocenters. The average molecular weight is 349 g/mol. The molecule has 0 saturated carbocycles. The Morgan fingerprint density at radius 3 is 2.16 bits per heavy atom. The lowest BCUT2D eigenvalue weighted by molar-refractivity contribution is -0.111. The van der Waals surface area contributed by atoms with Crippen molar-refractivity contribution in [2.24, 2.45) is 0 Å². The van der Waals surface area contributed by atoms with E-state index in [1.54, 1.807) is 12.1 Å². The maximum atomic E-state index is 13.1. The SMILES string of the molecule is COc1cc(OC)c(OC)cc1/C=C/C(=O)Nc1ccc(F)c(F)c1. The number of methoxy groups -OCH3 is 3. The number of benzene rings is 2. The van der Waals surface area contributed by atoms with Crippen molar-refractivity contribution in [3.63, 3.8) is 0 Å². The van der Waals surface area contributed by atoms with Crippen LogP contribution in [0, 0.1) is 11.6 Å². The van der Waals surface area contributed by atoms with E-state index in [1.165, 1.54) is 39.5 Å². The van der Waals surface area contributed by atoms with Gasteiger partial charge in [0.15, 0.2) is 23.1 Å². The quantitative estimate of drug-likeness (QED) is 0.809. The molecule has 1 N–H and O–H groups in total. The molecular weight excluding hydrogens is 332 g/mol. The van der Waals surface area contributed by atoms with Crippen LogP contribution >= 0.6 is 0 Å². The molecule has 0 unspecified atom stereocenters. The second-order valence-electron chi connectivity index (χ2n) is 4.90. The van der Waals surface area contributed by atoms with Gasteiger partial charge in [0, 0.05) is 29.5 Å². The summed E-state index contributed by atoms with van der Waals surface area (Å²) in [5.74, 6) is -1.09.